The third-order valence-electron chi connectivity index (χ3n) is 5.01. The number of aromatic nitrogens is 2. The Morgan fingerprint density at radius 2 is 1.36 bits per heavy atom. The van der Waals surface area contributed by atoms with Gasteiger partial charge in [-0.1, -0.05) is 51.2 Å². The van der Waals surface area contributed by atoms with Crippen LogP contribution in [0.3, 0.4) is 0 Å². The molecule has 0 atom stereocenters. The van der Waals surface area contributed by atoms with Gasteiger partial charge in [-0.05, 0) is 68.1 Å². The molecule has 2 heterocycles. The van der Waals surface area contributed by atoms with E-state index in [0.29, 0.717) is 0 Å². The quantitative estimate of drug-likeness (QED) is 0.255. The molecule has 150 valence electrons. The highest BCUT2D eigenvalue weighted by molar-refractivity contribution is 9.10. The van der Waals surface area contributed by atoms with E-state index in [-0.39, 0.29) is 5.92 Å². The average Bonchev–Trinajstić information content (AvgIpc) is 3.31. The van der Waals surface area contributed by atoms with Crippen LogP contribution in [0.4, 0.5) is 0 Å². The average molecular weight is 508 g/mol. The van der Waals surface area contributed by atoms with Crippen molar-refractivity contribution < 1.29 is 4.74 Å². The second-order valence-electron chi connectivity index (χ2n) is 7.10. The van der Waals surface area contributed by atoms with E-state index < -0.39 is 0 Å². The molecule has 0 radical (unpaired) electrons. The van der Waals surface area contributed by atoms with Gasteiger partial charge in [0.2, 0.25) is 0 Å². The van der Waals surface area contributed by atoms with Crippen LogP contribution in [-0.4, -0.2) is 16.6 Å². The minimum atomic E-state index is 0.0846. The highest BCUT2D eigenvalue weighted by Gasteiger charge is 2.23. The summed E-state index contributed by atoms with van der Waals surface area (Å²) in [5, 5.41) is 0. The van der Waals surface area contributed by atoms with Gasteiger partial charge >= 0.3 is 0 Å². The number of benzene rings is 1. The van der Waals surface area contributed by atoms with Gasteiger partial charge < -0.3 is 14.7 Å². The Bertz CT molecular complexity index is 798. The number of hydrogen-bond acceptors (Lipinski definition) is 1. The van der Waals surface area contributed by atoms with Gasteiger partial charge in [-0.25, -0.2) is 0 Å². The zero-order valence-corrected chi connectivity index (χ0v) is 19.5. The number of unbranched alkanes of at least 4 members (excludes halogenated alkanes) is 5. The van der Waals surface area contributed by atoms with Crippen LogP contribution in [0.1, 0.15) is 68.3 Å². The van der Waals surface area contributed by atoms with Crippen LogP contribution in [-0.2, 0) is 0 Å². The number of rotatable bonds is 11. The first kappa shape index (κ1) is 21.3. The van der Waals surface area contributed by atoms with E-state index in [1.807, 2.05) is 24.5 Å². The Morgan fingerprint density at radius 3 is 1.89 bits per heavy atom. The van der Waals surface area contributed by atoms with Crippen molar-refractivity contribution in [2.45, 2.75) is 51.4 Å². The lowest BCUT2D eigenvalue weighted by Crippen LogP contribution is -2.06. The van der Waals surface area contributed by atoms with Crippen molar-refractivity contribution in [3.63, 3.8) is 0 Å². The van der Waals surface area contributed by atoms with E-state index in [0.717, 1.165) is 39.1 Å². The van der Waals surface area contributed by atoms with Gasteiger partial charge in [0, 0.05) is 32.7 Å². The monoisotopic (exact) mass is 506 g/mol. The lowest BCUT2D eigenvalue weighted by Gasteiger charge is -2.18. The van der Waals surface area contributed by atoms with Crippen molar-refractivity contribution >= 4 is 31.9 Å². The van der Waals surface area contributed by atoms with E-state index in [1.165, 1.54) is 37.7 Å². The number of hydrogen-bond donors (Lipinski definition) is 2. The summed E-state index contributed by atoms with van der Waals surface area (Å²) in [6.07, 6.45) is 11.6. The van der Waals surface area contributed by atoms with E-state index >= 15 is 0 Å². The van der Waals surface area contributed by atoms with Gasteiger partial charge in [0.05, 0.1) is 12.5 Å². The van der Waals surface area contributed by atoms with Crippen molar-refractivity contribution in [2.75, 3.05) is 6.61 Å². The van der Waals surface area contributed by atoms with Crippen molar-refractivity contribution in [3.05, 3.63) is 74.7 Å². The summed E-state index contributed by atoms with van der Waals surface area (Å²) < 4.78 is 8.09. The Hall–Kier alpha value is -1.46. The highest BCUT2D eigenvalue weighted by Crippen LogP contribution is 2.38. The first-order valence-electron chi connectivity index (χ1n) is 10.1. The minimum absolute atomic E-state index is 0.0846. The molecule has 0 aliphatic carbocycles. The summed E-state index contributed by atoms with van der Waals surface area (Å²) in [7, 11) is 0. The van der Waals surface area contributed by atoms with Crippen molar-refractivity contribution in [1.29, 1.82) is 0 Å². The molecule has 0 unspecified atom stereocenters. The molecular formula is C23H28Br2N2O. The van der Waals surface area contributed by atoms with Crippen LogP contribution in [0.25, 0.3) is 0 Å². The lowest BCUT2D eigenvalue weighted by atomic mass is 9.92. The van der Waals surface area contributed by atoms with Crippen molar-refractivity contribution in [1.82, 2.24) is 9.97 Å². The molecule has 5 heteroatoms. The number of ether oxygens (including phenoxy) is 1. The molecular weight excluding hydrogens is 480 g/mol. The highest BCUT2D eigenvalue weighted by atomic mass is 79.9. The van der Waals surface area contributed by atoms with Crippen LogP contribution in [0.15, 0.2) is 57.7 Å². The van der Waals surface area contributed by atoms with E-state index in [2.05, 4.69) is 73.0 Å². The number of H-pyrrole nitrogens is 2. The SMILES string of the molecule is CCCCCCCCOc1ccc(C(c2[nH]ccc2Br)c2[nH]ccc2Br)cc1. The molecule has 3 nitrogen and oxygen atoms in total. The van der Waals surface area contributed by atoms with Crippen LogP contribution in [0, 0.1) is 0 Å². The second-order valence-corrected chi connectivity index (χ2v) is 8.81. The molecule has 0 aliphatic heterocycles. The molecule has 0 bridgehead atoms. The predicted octanol–water partition coefficient (Wildman–Crippen LogP) is 7.79. The van der Waals surface area contributed by atoms with Crippen LogP contribution in [0.2, 0.25) is 0 Å². The minimum Gasteiger partial charge on any atom is -0.494 e. The topological polar surface area (TPSA) is 40.8 Å². The molecule has 3 aromatic rings. The predicted molar refractivity (Wildman–Crippen MR) is 123 cm³/mol. The Kier molecular flexibility index (Phi) is 8.28. The number of nitrogens with one attached hydrogen (secondary N) is 2. The molecule has 1 aromatic carbocycles. The summed E-state index contributed by atoms with van der Waals surface area (Å²) in [6.45, 7) is 3.04. The fraction of sp³-hybridized carbons (Fsp3) is 0.391. The first-order valence-corrected chi connectivity index (χ1v) is 11.7. The maximum absolute atomic E-state index is 5.94. The maximum Gasteiger partial charge on any atom is 0.119 e. The first-order chi connectivity index (χ1) is 13.7. The van der Waals surface area contributed by atoms with Gasteiger partial charge in [-0.2, -0.15) is 0 Å². The Morgan fingerprint density at radius 1 is 0.786 bits per heavy atom. The summed E-state index contributed by atoms with van der Waals surface area (Å²) in [4.78, 5) is 6.76. The smallest absolute Gasteiger partial charge is 0.119 e. The molecule has 0 aliphatic rings. The zero-order chi connectivity index (χ0) is 19.8. The number of halogens is 2. The summed E-state index contributed by atoms with van der Waals surface area (Å²) in [6, 6.07) is 12.5. The largest absolute Gasteiger partial charge is 0.494 e. The molecule has 0 spiro atoms. The molecule has 0 amide bonds. The second kappa shape index (κ2) is 10.9. The fourth-order valence-corrected chi connectivity index (χ4v) is 4.43. The molecule has 2 N–H and O–H groups in total. The van der Waals surface area contributed by atoms with Gasteiger partial charge in [0.1, 0.15) is 5.75 Å². The summed E-state index contributed by atoms with van der Waals surface area (Å²) in [5.74, 6) is 1.02. The number of aromatic amines is 2. The molecule has 0 fully saturated rings. The Balaban J connectivity index is 1.65. The normalized spacial score (nSPS) is 11.3. The zero-order valence-electron chi connectivity index (χ0n) is 16.3. The third-order valence-corrected chi connectivity index (χ3v) is 6.39. The van der Waals surface area contributed by atoms with E-state index in [4.69, 9.17) is 4.74 Å². The van der Waals surface area contributed by atoms with Gasteiger partial charge in [0.25, 0.3) is 0 Å². The molecule has 2 aromatic heterocycles. The van der Waals surface area contributed by atoms with Gasteiger partial charge in [-0.15, -0.1) is 0 Å². The van der Waals surface area contributed by atoms with Crippen LogP contribution >= 0.6 is 31.9 Å². The maximum atomic E-state index is 5.94. The van der Waals surface area contributed by atoms with E-state index in [9.17, 15) is 0 Å². The fourth-order valence-electron chi connectivity index (χ4n) is 3.48. The van der Waals surface area contributed by atoms with Gasteiger partial charge in [0.15, 0.2) is 0 Å². The summed E-state index contributed by atoms with van der Waals surface area (Å²) >= 11 is 7.34. The summed E-state index contributed by atoms with van der Waals surface area (Å²) in [5.41, 5.74) is 3.46. The Labute approximate surface area is 184 Å². The third kappa shape index (κ3) is 5.54. The standard InChI is InChI=1S/C23H28Br2N2O/c1-2-3-4-5-6-7-16-28-18-10-8-17(9-11-18)21(22-19(24)12-14-26-22)23-20(25)13-15-27-23/h8-15,21,26-27H,2-7,16H2,1H3. The van der Waals surface area contributed by atoms with Crippen molar-refractivity contribution in [3.8, 4) is 5.75 Å². The lowest BCUT2D eigenvalue weighted by molar-refractivity contribution is 0.304. The van der Waals surface area contributed by atoms with Crippen molar-refractivity contribution in [2.24, 2.45) is 0 Å². The molecule has 3 rings (SSSR count). The van der Waals surface area contributed by atoms with Crippen LogP contribution in [0.5, 0.6) is 5.75 Å². The molecule has 28 heavy (non-hydrogen) atoms. The molecule has 0 saturated carbocycles. The van der Waals surface area contributed by atoms with Crippen LogP contribution < -0.4 is 4.74 Å². The molecule has 0 saturated heterocycles. The van der Waals surface area contributed by atoms with Gasteiger partial charge in [-0.3, -0.25) is 0 Å². The van der Waals surface area contributed by atoms with E-state index in [1.54, 1.807) is 0 Å².